The van der Waals surface area contributed by atoms with Crippen molar-refractivity contribution >= 4 is 0 Å². The number of hydrogen-bond donors (Lipinski definition) is 0. The van der Waals surface area contributed by atoms with Gasteiger partial charge in [0.25, 0.3) is 0 Å². The first-order valence-electron chi connectivity index (χ1n) is 5.51. The van der Waals surface area contributed by atoms with Gasteiger partial charge in [0.2, 0.25) is 0 Å². The van der Waals surface area contributed by atoms with E-state index >= 15 is 0 Å². The van der Waals surface area contributed by atoms with Gasteiger partial charge in [-0.3, -0.25) is 4.98 Å². The Morgan fingerprint density at radius 2 is 2.47 bits per heavy atom. The number of rotatable bonds is 3. The van der Waals surface area contributed by atoms with Gasteiger partial charge < -0.3 is 9.64 Å². The SMILES string of the molecule is Cc1ccncc1OC[C@@H]1CCCN1C. The monoisotopic (exact) mass is 206 g/mol. The van der Waals surface area contributed by atoms with Gasteiger partial charge in [0.15, 0.2) is 0 Å². The van der Waals surface area contributed by atoms with Crippen LogP contribution in [0, 0.1) is 6.92 Å². The predicted molar refractivity (Wildman–Crippen MR) is 60.1 cm³/mol. The molecule has 0 radical (unpaired) electrons. The Balaban J connectivity index is 1.90. The quantitative estimate of drug-likeness (QED) is 0.755. The lowest BCUT2D eigenvalue weighted by atomic mass is 10.2. The van der Waals surface area contributed by atoms with Crippen LogP contribution in [0.1, 0.15) is 18.4 Å². The van der Waals surface area contributed by atoms with Gasteiger partial charge in [-0.05, 0) is 45.0 Å². The fourth-order valence-electron chi connectivity index (χ4n) is 1.98. The summed E-state index contributed by atoms with van der Waals surface area (Å²) >= 11 is 0. The molecular formula is C12H18N2O. The van der Waals surface area contributed by atoms with Crippen LogP contribution in [-0.2, 0) is 0 Å². The number of aryl methyl sites for hydroxylation is 1. The molecule has 0 aliphatic carbocycles. The predicted octanol–water partition coefficient (Wildman–Crippen LogP) is 1.86. The van der Waals surface area contributed by atoms with Crippen LogP contribution in [0.5, 0.6) is 5.75 Å². The summed E-state index contributed by atoms with van der Waals surface area (Å²) < 4.78 is 5.79. The second-order valence-corrected chi connectivity index (χ2v) is 4.23. The number of likely N-dealkylation sites (tertiary alicyclic amines) is 1. The molecule has 0 saturated carbocycles. The molecule has 0 unspecified atom stereocenters. The standard InChI is InChI=1S/C12H18N2O/c1-10-5-6-13-8-12(10)15-9-11-4-3-7-14(11)2/h5-6,8,11H,3-4,7,9H2,1-2H3/t11-/m0/s1. The summed E-state index contributed by atoms with van der Waals surface area (Å²) in [6, 6.07) is 2.55. The van der Waals surface area contributed by atoms with Crippen molar-refractivity contribution in [3.63, 3.8) is 0 Å². The molecule has 82 valence electrons. The second kappa shape index (κ2) is 4.62. The van der Waals surface area contributed by atoms with Crippen molar-refractivity contribution in [3.8, 4) is 5.75 Å². The molecule has 0 bridgehead atoms. The molecule has 0 aromatic carbocycles. The van der Waals surface area contributed by atoms with Crippen molar-refractivity contribution in [2.45, 2.75) is 25.8 Å². The summed E-state index contributed by atoms with van der Waals surface area (Å²) in [6.45, 7) is 4.03. The van der Waals surface area contributed by atoms with Crippen LogP contribution in [-0.4, -0.2) is 36.1 Å². The van der Waals surface area contributed by atoms with E-state index in [4.69, 9.17) is 4.74 Å². The molecule has 0 N–H and O–H groups in total. The van der Waals surface area contributed by atoms with Crippen molar-refractivity contribution in [2.75, 3.05) is 20.2 Å². The van der Waals surface area contributed by atoms with Crippen LogP contribution in [0.4, 0.5) is 0 Å². The second-order valence-electron chi connectivity index (χ2n) is 4.23. The van der Waals surface area contributed by atoms with Crippen molar-refractivity contribution in [1.29, 1.82) is 0 Å². The van der Waals surface area contributed by atoms with Crippen molar-refractivity contribution in [3.05, 3.63) is 24.0 Å². The highest BCUT2D eigenvalue weighted by atomic mass is 16.5. The van der Waals surface area contributed by atoms with E-state index in [1.807, 2.05) is 6.07 Å². The van der Waals surface area contributed by atoms with E-state index in [1.165, 1.54) is 19.4 Å². The number of nitrogens with zero attached hydrogens (tertiary/aromatic N) is 2. The highest BCUT2D eigenvalue weighted by Gasteiger charge is 2.21. The maximum Gasteiger partial charge on any atom is 0.140 e. The maximum atomic E-state index is 5.79. The topological polar surface area (TPSA) is 25.4 Å². The molecule has 3 heteroatoms. The van der Waals surface area contributed by atoms with Gasteiger partial charge in [-0.2, -0.15) is 0 Å². The average Bonchev–Trinajstić information content (AvgIpc) is 2.63. The summed E-state index contributed by atoms with van der Waals surface area (Å²) in [5, 5.41) is 0. The molecule has 1 aromatic rings. The van der Waals surface area contributed by atoms with Gasteiger partial charge in [0.1, 0.15) is 12.4 Å². The molecule has 3 nitrogen and oxygen atoms in total. The minimum absolute atomic E-state index is 0.574. The molecule has 1 saturated heterocycles. The molecule has 1 atom stereocenters. The smallest absolute Gasteiger partial charge is 0.140 e. The number of likely N-dealkylation sites (N-methyl/N-ethyl adjacent to an activating group) is 1. The van der Waals surface area contributed by atoms with Crippen LogP contribution in [0.15, 0.2) is 18.5 Å². The van der Waals surface area contributed by atoms with Gasteiger partial charge in [-0.25, -0.2) is 0 Å². The Morgan fingerprint density at radius 3 is 3.13 bits per heavy atom. The van der Waals surface area contributed by atoms with E-state index in [9.17, 15) is 0 Å². The van der Waals surface area contributed by atoms with E-state index in [0.717, 1.165) is 17.9 Å². The van der Waals surface area contributed by atoms with Crippen LogP contribution in [0.3, 0.4) is 0 Å². The Bertz CT molecular complexity index is 327. The fourth-order valence-corrected chi connectivity index (χ4v) is 1.98. The summed E-state index contributed by atoms with van der Waals surface area (Å²) in [5.41, 5.74) is 1.16. The third-order valence-corrected chi connectivity index (χ3v) is 3.09. The molecule has 2 rings (SSSR count). The third kappa shape index (κ3) is 2.48. The lowest BCUT2D eigenvalue weighted by molar-refractivity contribution is 0.197. The van der Waals surface area contributed by atoms with Gasteiger partial charge in [-0.1, -0.05) is 0 Å². The normalized spacial score (nSPS) is 21.9. The summed E-state index contributed by atoms with van der Waals surface area (Å²) in [4.78, 5) is 6.44. The molecule has 0 spiro atoms. The Morgan fingerprint density at radius 1 is 1.60 bits per heavy atom. The molecular weight excluding hydrogens is 188 g/mol. The zero-order valence-electron chi connectivity index (χ0n) is 9.44. The van der Waals surface area contributed by atoms with Crippen molar-refractivity contribution in [2.24, 2.45) is 0 Å². The summed E-state index contributed by atoms with van der Waals surface area (Å²) in [7, 11) is 2.16. The summed E-state index contributed by atoms with van der Waals surface area (Å²) in [5.74, 6) is 0.915. The van der Waals surface area contributed by atoms with Crippen LogP contribution in [0.25, 0.3) is 0 Å². The van der Waals surface area contributed by atoms with E-state index < -0.39 is 0 Å². The van der Waals surface area contributed by atoms with Crippen LogP contribution in [0.2, 0.25) is 0 Å². The first-order valence-corrected chi connectivity index (χ1v) is 5.51. The van der Waals surface area contributed by atoms with E-state index in [1.54, 1.807) is 12.4 Å². The van der Waals surface area contributed by atoms with Gasteiger partial charge in [0.05, 0.1) is 6.20 Å². The molecule has 2 heterocycles. The number of hydrogen-bond acceptors (Lipinski definition) is 3. The van der Waals surface area contributed by atoms with E-state index in [0.29, 0.717) is 6.04 Å². The molecule has 1 fully saturated rings. The lowest BCUT2D eigenvalue weighted by Crippen LogP contribution is -2.30. The molecule has 1 aromatic heterocycles. The Labute approximate surface area is 91.1 Å². The largest absolute Gasteiger partial charge is 0.490 e. The number of ether oxygens (including phenoxy) is 1. The summed E-state index contributed by atoms with van der Waals surface area (Å²) in [6.07, 6.45) is 6.13. The number of aromatic nitrogens is 1. The minimum atomic E-state index is 0.574. The first kappa shape index (κ1) is 10.4. The fraction of sp³-hybridized carbons (Fsp3) is 0.583. The lowest BCUT2D eigenvalue weighted by Gasteiger charge is -2.20. The van der Waals surface area contributed by atoms with Crippen LogP contribution < -0.4 is 4.74 Å². The highest BCUT2D eigenvalue weighted by molar-refractivity contribution is 5.27. The van der Waals surface area contributed by atoms with E-state index in [-0.39, 0.29) is 0 Å². The minimum Gasteiger partial charge on any atom is -0.490 e. The average molecular weight is 206 g/mol. The number of pyridine rings is 1. The molecule has 1 aliphatic rings. The molecule has 15 heavy (non-hydrogen) atoms. The molecule has 0 amide bonds. The Kier molecular flexibility index (Phi) is 3.21. The maximum absolute atomic E-state index is 5.79. The van der Waals surface area contributed by atoms with Crippen molar-refractivity contribution < 1.29 is 4.74 Å². The van der Waals surface area contributed by atoms with Crippen LogP contribution >= 0.6 is 0 Å². The first-order chi connectivity index (χ1) is 7.27. The van der Waals surface area contributed by atoms with Gasteiger partial charge >= 0.3 is 0 Å². The van der Waals surface area contributed by atoms with Gasteiger partial charge in [0, 0.05) is 12.2 Å². The third-order valence-electron chi connectivity index (χ3n) is 3.09. The van der Waals surface area contributed by atoms with E-state index in [2.05, 4.69) is 23.9 Å². The van der Waals surface area contributed by atoms with Crippen molar-refractivity contribution in [1.82, 2.24) is 9.88 Å². The zero-order valence-corrected chi connectivity index (χ0v) is 9.44. The highest BCUT2D eigenvalue weighted by Crippen LogP contribution is 2.19. The molecule has 1 aliphatic heterocycles. The van der Waals surface area contributed by atoms with Gasteiger partial charge in [-0.15, -0.1) is 0 Å². The zero-order chi connectivity index (χ0) is 10.7. The Hall–Kier alpha value is -1.09.